The van der Waals surface area contributed by atoms with Gasteiger partial charge < -0.3 is 5.11 Å². The van der Waals surface area contributed by atoms with Gasteiger partial charge in [-0.15, -0.1) is 0 Å². The Morgan fingerprint density at radius 3 is 2.89 bits per heavy atom. The van der Waals surface area contributed by atoms with Crippen LogP contribution >= 0.6 is 11.6 Å². The lowest BCUT2D eigenvalue weighted by atomic mass is 9.87. The summed E-state index contributed by atoms with van der Waals surface area (Å²) < 4.78 is 13.5. The number of rotatable bonds is 4. The lowest BCUT2D eigenvalue weighted by Crippen LogP contribution is -2.50. The Balaban J connectivity index is 1.90. The molecule has 0 bridgehead atoms. The summed E-state index contributed by atoms with van der Waals surface area (Å²) >= 11 is 5.82. The first kappa shape index (κ1) is 13.3. The van der Waals surface area contributed by atoms with E-state index in [0.29, 0.717) is 30.2 Å². The van der Waals surface area contributed by atoms with Gasteiger partial charge in [0.05, 0.1) is 5.92 Å². The Kier molecular flexibility index (Phi) is 3.88. The molecule has 1 aliphatic heterocycles. The quantitative estimate of drug-likeness (QED) is 0.915. The van der Waals surface area contributed by atoms with Gasteiger partial charge in [0.15, 0.2) is 0 Å². The summed E-state index contributed by atoms with van der Waals surface area (Å²) in [5, 5.41) is 9.39. The maximum absolute atomic E-state index is 13.5. The molecule has 18 heavy (non-hydrogen) atoms. The summed E-state index contributed by atoms with van der Waals surface area (Å²) in [7, 11) is 0. The van der Waals surface area contributed by atoms with Gasteiger partial charge in [-0.05, 0) is 24.1 Å². The lowest BCUT2D eigenvalue weighted by molar-refractivity contribution is -0.145. The van der Waals surface area contributed by atoms with Crippen LogP contribution in [0.1, 0.15) is 12.5 Å². The van der Waals surface area contributed by atoms with Crippen LogP contribution in [0.15, 0.2) is 18.2 Å². The van der Waals surface area contributed by atoms with Crippen LogP contribution in [0.2, 0.25) is 5.02 Å². The summed E-state index contributed by atoms with van der Waals surface area (Å²) in [6, 6.07) is 4.49. The number of nitrogens with zero attached hydrogens (tertiary/aromatic N) is 1. The van der Waals surface area contributed by atoms with Crippen LogP contribution in [0.25, 0.3) is 0 Å². The normalized spacial score (nSPS) is 18.4. The number of benzene rings is 1. The number of carboxylic acids is 1. The van der Waals surface area contributed by atoms with E-state index >= 15 is 0 Å². The topological polar surface area (TPSA) is 40.5 Å². The Hall–Kier alpha value is -1.13. The molecule has 1 fully saturated rings. The van der Waals surface area contributed by atoms with E-state index < -0.39 is 5.97 Å². The number of hydrogen-bond donors (Lipinski definition) is 1. The van der Waals surface area contributed by atoms with Crippen molar-refractivity contribution in [3.05, 3.63) is 34.6 Å². The molecular weight excluding hydrogens is 257 g/mol. The minimum absolute atomic E-state index is 0.157. The summed E-state index contributed by atoms with van der Waals surface area (Å²) in [5.74, 6) is -1.22. The highest BCUT2D eigenvalue weighted by Gasteiger charge is 2.34. The molecule has 1 saturated heterocycles. The van der Waals surface area contributed by atoms with Crippen molar-refractivity contribution in [1.82, 2.24) is 4.90 Å². The zero-order chi connectivity index (χ0) is 13.3. The molecule has 2 rings (SSSR count). The minimum Gasteiger partial charge on any atom is -0.481 e. The highest BCUT2D eigenvalue weighted by atomic mass is 35.5. The Bertz CT molecular complexity index is 460. The highest BCUT2D eigenvalue weighted by Crippen LogP contribution is 2.26. The van der Waals surface area contributed by atoms with Gasteiger partial charge in [0.1, 0.15) is 5.82 Å². The van der Waals surface area contributed by atoms with Crippen molar-refractivity contribution < 1.29 is 14.3 Å². The minimum atomic E-state index is -0.770. The van der Waals surface area contributed by atoms with E-state index in [0.717, 1.165) is 0 Å². The summed E-state index contributed by atoms with van der Waals surface area (Å²) in [6.45, 7) is 3.58. The van der Waals surface area contributed by atoms with Crippen molar-refractivity contribution in [3.63, 3.8) is 0 Å². The second-order valence-corrected chi connectivity index (χ2v) is 5.25. The number of hydrogen-bond acceptors (Lipinski definition) is 2. The standard InChI is InChI=1S/C13H15ClFNO2/c1-8(13(17)18)10-6-16(7-10)5-9-4-11(14)2-3-12(9)15/h2-4,8,10H,5-7H2,1H3,(H,17,18). The summed E-state index contributed by atoms with van der Waals surface area (Å²) in [4.78, 5) is 12.8. The van der Waals surface area contributed by atoms with Gasteiger partial charge in [0.2, 0.25) is 0 Å². The molecule has 0 aromatic heterocycles. The molecule has 98 valence electrons. The number of carbonyl (C=O) groups is 1. The maximum Gasteiger partial charge on any atom is 0.306 e. The largest absolute Gasteiger partial charge is 0.481 e. The van der Waals surface area contributed by atoms with Crippen LogP contribution in [0.4, 0.5) is 4.39 Å². The average molecular weight is 272 g/mol. The van der Waals surface area contributed by atoms with E-state index in [4.69, 9.17) is 16.7 Å². The van der Waals surface area contributed by atoms with E-state index in [2.05, 4.69) is 0 Å². The molecule has 1 unspecified atom stereocenters. The van der Waals surface area contributed by atoms with Crippen LogP contribution in [0, 0.1) is 17.7 Å². The van der Waals surface area contributed by atoms with E-state index in [1.165, 1.54) is 12.1 Å². The number of aliphatic carboxylic acids is 1. The third kappa shape index (κ3) is 2.82. The number of carboxylic acid groups (broad SMARTS) is 1. The molecule has 0 radical (unpaired) electrons. The lowest BCUT2D eigenvalue weighted by Gasteiger charge is -2.41. The van der Waals surface area contributed by atoms with Gasteiger partial charge in [-0.3, -0.25) is 9.69 Å². The molecule has 1 aliphatic rings. The van der Waals surface area contributed by atoms with Gasteiger partial charge in [-0.25, -0.2) is 4.39 Å². The fourth-order valence-electron chi connectivity index (χ4n) is 2.16. The van der Waals surface area contributed by atoms with Gasteiger partial charge in [-0.2, -0.15) is 0 Å². The van der Waals surface area contributed by atoms with Gasteiger partial charge in [0.25, 0.3) is 0 Å². The van der Waals surface area contributed by atoms with Crippen molar-refractivity contribution in [1.29, 1.82) is 0 Å². The van der Waals surface area contributed by atoms with Crippen LogP contribution < -0.4 is 0 Å². The van der Waals surface area contributed by atoms with E-state index in [1.807, 2.05) is 4.90 Å². The van der Waals surface area contributed by atoms with Gasteiger partial charge in [-0.1, -0.05) is 18.5 Å². The first-order chi connectivity index (χ1) is 8.47. The zero-order valence-electron chi connectivity index (χ0n) is 10.1. The molecule has 3 nitrogen and oxygen atoms in total. The molecule has 0 saturated carbocycles. The van der Waals surface area contributed by atoms with Crippen LogP contribution in [0.3, 0.4) is 0 Å². The molecule has 1 heterocycles. The maximum atomic E-state index is 13.5. The third-order valence-electron chi connectivity index (χ3n) is 3.48. The van der Waals surface area contributed by atoms with Crippen molar-refractivity contribution in [2.24, 2.45) is 11.8 Å². The van der Waals surface area contributed by atoms with Crippen molar-refractivity contribution >= 4 is 17.6 Å². The second-order valence-electron chi connectivity index (χ2n) is 4.82. The van der Waals surface area contributed by atoms with E-state index in [1.54, 1.807) is 13.0 Å². The fraction of sp³-hybridized carbons (Fsp3) is 0.462. The second kappa shape index (κ2) is 5.24. The number of likely N-dealkylation sites (tertiary alicyclic amines) is 1. The predicted molar refractivity (Wildman–Crippen MR) is 67.0 cm³/mol. The molecule has 0 amide bonds. The fourth-order valence-corrected chi connectivity index (χ4v) is 2.36. The SMILES string of the molecule is CC(C(=O)O)C1CN(Cc2cc(Cl)ccc2F)C1. The molecule has 1 atom stereocenters. The molecule has 1 aromatic rings. The van der Waals surface area contributed by atoms with Gasteiger partial charge >= 0.3 is 5.97 Å². The molecule has 0 spiro atoms. The van der Waals surface area contributed by atoms with Crippen molar-refractivity contribution in [2.75, 3.05) is 13.1 Å². The van der Waals surface area contributed by atoms with Crippen LogP contribution in [-0.4, -0.2) is 29.1 Å². The zero-order valence-corrected chi connectivity index (χ0v) is 10.8. The first-order valence-corrected chi connectivity index (χ1v) is 6.24. The highest BCUT2D eigenvalue weighted by molar-refractivity contribution is 6.30. The van der Waals surface area contributed by atoms with Crippen molar-refractivity contribution in [2.45, 2.75) is 13.5 Å². The van der Waals surface area contributed by atoms with Crippen LogP contribution in [-0.2, 0) is 11.3 Å². The molecule has 1 N–H and O–H groups in total. The van der Waals surface area contributed by atoms with E-state index in [-0.39, 0.29) is 17.7 Å². The number of halogens is 2. The van der Waals surface area contributed by atoms with Crippen LogP contribution in [0.5, 0.6) is 0 Å². The van der Waals surface area contributed by atoms with Gasteiger partial charge in [0, 0.05) is 30.2 Å². The molecule has 5 heteroatoms. The molecule has 1 aromatic carbocycles. The third-order valence-corrected chi connectivity index (χ3v) is 3.72. The smallest absolute Gasteiger partial charge is 0.306 e. The molecule has 0 aliphatic carbocycles. The average Bonchev–Trinajstić information content (AvgIpc) is 2.26. The Morgan fingerprint density at radius 1 is 1.61 bits per heavy atom. The first-order valence-electron chi connectivity index (χ1n) is 5.86. The Labute approximate surface area is 110 Å². The summed E-state index contributed by atoms with van der Waals surface area (Å²) in [6.07, 6.45) is 0. The molecular formula is C13H15ClFNO2. The predicted octanol–water partition coefficient (Wildman–Crippen LogP) is 2.63. The Morgan fingerprint density at radius 2 is 2.28 bits per heavy atom. The van der Waals surface area contributed by atoms with E-state index in [9.17, 15) is 9.18 Å². The monoisotopic (exact) mass is 271 g/mol. The van der Waals surface area contributed by atoms with Crippen molar-refractivity contribution in [3.8, 4) is 0 Å². The summed E-state index contributed by atoms with van der Waals surface area (Å²) in [5.41, 5.74) is 0.559.